The van der Waals surface area contributed by atoms with E-state index >= 15 is 0 Å². The van der Waals surface area contributed by atoms with E-state index in [-0.39, 0.29) is 5.41 Å². The fourth-order valence-corrected chi connectivity index (χ4v) is 3.75. The molecule has 0 spiro atoms. The van der Waals surface area contributed by atoms with Gasteiger partial charge < -0.3 is 9.47 Å². The van der Waals surface area contributed by atoms with Gasteiger partial charge >= 0.3 is 0 Å². The summed E-state index contributed by atoms with van der Waals surface area (Å²) in [6.07, 6.45) is 2.16. The maximum atomic E-state index is 2.37. The average Bonchev–Trinajstić information content (AvgIpc) is 2.95. The predicted molar refractivity (Wildman–Crippen MR) is 105 cm³/mol. The Hall–Kier alpha value is -2.22. The molecule has 1 heterocycles. The van der Waals surface area contributed by atoms with Gasteiger partial charge in [-0.1, -0.05) is 51.1 Å². The van der Waals surface area contributed by atoms with Crippen LogP contribution < -0.4 is 4.90 Å². The first-order valence-electron chi connectivity index (χ1n) is 8.65. The van der Waals surface area contributed by atoms with E-state index in [1.165, 1.54) is 27.7 Å². The minimum Gasteiger partial charge on any atom is -0.377 e. The van der Waals surface area contributed by atoms with E-state index < -0.39 is 0 Å². The fourth-order valence-electron chi connectivity index (χ4n) is 3.75. The van der Waals surface area contributed by atoms with Gasteiger partial charge in [-0.15, -0.1) is 0 Å². The van der Waals surface area contributed by atoms with Gasteiger partial charge in [-0.2, -0.15) is 0 Å². The van der Waals surface area contributed by atoms with Crippen LogP contribution in [0.25, 0.3) is 10.9 Å². The summed E-state index contributed by atoms with van der Waals surface area (Å²) < 4.78 is 2.20. The van der Waals surface area contributed by atoms with Crippen molar-refractivity contribution in [2.24, 2.45) is 7.05 Å². The summed E-state index contributed by atoms with van der Waals surface area (Å²) in [6.45, 7) is 7.09. The smallest absolute Gasteiger partial charge is 0.0480 e. The lowest BCUT2D eigenvalue weighted by Crippen LogP contribution is -2.27. The Bertz CT molecular complexity index is 855. The van der Waals surface area contributed by atoms with Gasteiger partial charge in [-0.05, 0) is 40.7 Å². The Morgan fingerprint density at radius 3 is 2.38 bits per heavy atom. The number of aryl methyl sites for hydroxylation is 1. The highest BCUT2D eigenvalue weighted by Gasteiger charge is 2.32. The topological polar surface area (TPSA) is 8.17 Å². The summed E-state index contributed by atoms with van der Waals surface area (Å²) in [5.74, 6) is 0.405. The number of anilines is 1. The van der Waals surface area contributed by atoms with Crippen LogP contribution in [0.3, 0.4) is 0 Å². The first kappa shape index (κ1) is 16.6. The summed E-state index contributed by atoms with van der Waals surface area (Å²) in [5.41, 5.74) is 5.46. The van der Waals surface area contributed by atoms with Gasteiger partial charge in [0, 0.05) is 43.9 Å². The minimum absolute atomic E-state index is 0.0347. The van der Waals surface area contributed by atoms with Crippen molar-refractivity contribution < 1.29 is 0 Å². The third-order valence-electron chi connectivity index (χ3n) is 5.59. The monoisotopic (exact) mass is 320 g/mol. The van der Waals surface area contributed by atoms with Crippen molar-refractivity contribution in [2.45, 2.75) is 32.1 Å². The van der Waals surface area contributed by atoms with Crippen LogP contribution in [0, 0.1) is 0 Å². The molecule has 0 N–H and O–H groups in total. The molecule has 1 aromatic heterocycles. The van der Waals surface area contributed by atoms with E-state index in [2.05, 4.69) is 106 Å². The molecule has 24 heavy (non-hydrogen) atoms. The summed E-state index contributed by atoms with van der Waals surface area (Å²) >= 11 is 0. The zero-order valence-corrected chi connectivity index (χ0v) is 15.7. The Morgan fingerprint density at radius 1 is 0.958 bits per heavy atom. The highest BCUT2D eigenvalue weighted by molar-refractivity contribution is 5.85. The molecule has 1 unspecified atom stereocenters. The van der Waals surface area contributed by atoms with Gasteiger partial charge in [0.2, 0.25) is 0 Å². The van der Waals surface area contributed by atoms with Crippen LogP contribution in [-0.2, 0) is 12.5 Å². The largest absolute Gasteiger partial charge is 0.377 e. The molecular weight excluding hydrogens is 292 g/mol. The predicted octanol–water partition coefficient (Wildman–Crippen LogP) is 5.33. The molecule has 2 heteroatoms. The lowest BCUT2D eigenvalue weighted by Gasteiger charge is -2.35. The zero-order chi connectivity index (χ0) is 17.5. The van der Waals surface area contributed by atoms with Crippen LogP contribution >= 0.6 is 0 Å². The Labute approximate surface area is 145 Å². The molecule has 0 bridgehead atoms. The number of aromatic nitrogens is 1. The molecule has 0 amide bonds. The molecule has 3 rings (SSSR count). The summed E-state index contributed by atoms with van der Waals surface area (Å²) in [4.78, 5) is 2.21. The number of nitrogens with zero attached hydrogens (tertiary/aromatic N) is 2. The third kappa shape index (κ3) is 2.60. The molecule has 1 atom stereocenters. The van der Waals surface area contributed by atoms with E-state index in [9.17, 15) is 0 Å². The van der Waals surface area contributed by atoms with E-state index in [0.29, 0.717) is 5.92 Å². The number of rotatable bonds is 4. The average molecular weight is 320 g/mol. The van der Waals surface area contributed by atoms with E-state index in [1.54, 1.807) is 0 Å². The van der Waals surface area contributed by atoms with Crippen molar-refractivity contribution in [3.63, 3.8) is 0 Å². The van der Waals surface area contributed by atoms with E-state index in [0.717, 1.165) is 0 Å². The van der Waals surface area contributed by atoms with E-state index in [4.69, 9.17) is 0 Å². The first-order chi connectivity index (χ1) is 11.3. The highest BCUT2D eigenvalue weighted by atomic mass is 15.1. The highest BCUT2D eigenvalue weighted by Crippen LogP contribution is 2.43. The van der Waals surface area contributed by atoms with Crippen LogP contribution in [0.1, 0.15) is 37.8 Å². The van der Waals surface area contributed by atoms with Gasteiger partial charge in [0.05, 0.1) is 0 Å². The maximum Gasteiger partial charge on any atom is 0.0480 e. The van der Waals surface area contributed by atoms with Crippen molar-refractivity contribution in [1.82, 2.24) is 4.57 Å². The Morgan fingerprint density at radius 2 is 1.67 bits per heavy atom. The van der Waals surface area contributed by atoms with Gasteiger partial charge in [0.25, 0.3) is 0 Å². The lowest BCUT2D eigenvalue weighted by atomic mass is 9.70. The second-order valence-corrected chi connectivity index (χ2v) is 7.56. The van der Waals surface area contributed by atoms with Crippen molar-refractivity contribution in [1.29, 1.82) is 0 Å². The van der Waals surface area contributed by atoms with E-state index in [1.807, 2.05) is 0 Å². The van der Waals surface area contributed by atoms with Gasteiger partial charge in [0.15, 0.2) is 0 Å². The second kappa shape index (κ2) is 6.01. The van der Waals surface area contributed by atoms with Crippen molar-refractivity contribution >= 4 is 16.6 Å². The number of para-hydroxylation sites is 1. The first-order valence-corrected chi connectivity index (χ1v) is 8.65. The Kier molecular flexibility index (Phi) is 4.16. The standard InChI is InChI=1S/C22H28N2/c1-16(17-10-7-8-12-20(17)23(4)5)22(2,3)19-11-9-13-21-18(19)14-15-24(21)6/h7-16H,1-6H3. The molecule has 2 aromatic carbocycles. The lowest BCUT2D eigenvalue weighted by molar-refractivity contribution is 0.440. The maximum absolute atomic E-state index is 2.37. The molecule has 0 fully saturated rings. The van der Waals surface area contributed by atoms with Crippen LogP contribution in [0.5, 0.6) is 0 Å². The number of fused-ring (bicyclic) bond motifs is 1. The Balaban J connectivity index is 2.13. The van der Waals surface area contributed by atoms with Crippen LogP contribution in [0.4, 0.5) is 5.69 Å². The van der Waals surface area contributed by atoms with Crippen molar-refractivity contribution in [3.8, 4) is 0 Å². The third-order valence-corrected chi connectivity index (χ3v) is 5.59. The molecule has 0 saturated carbocycles. The summed E-state index contributed by atoms with van der Waals surface area (Å²) in [7, 11) is 6.36. The second-order valence-electron chi connectivity index (χ2n) is 7.56. The van der Waals surface area contributed by atoms with Gasteiger partial charge in [0.1, 0.15) is 0 Å². The molecule has 3 aromatic rings. The summed E-state index contributed by atoms with van der Waals surface area (Å²) in [6, 6.07) is 17.7. The summed E-state index contributed by atoms with van der Waals surface area (Å²) in [5, 5.41) is 1.36. The van der Waals surface area contributed by atoms with Crippen LogP contribution in [0.15, 0.2) is 54.7 Å². The molecule has 0 aliphatic carbocycles. The molecule has 0 saturated heterocycles. The molecular formula is C22H28N2. The van der Waals surface area contributed by atoms with Crippen LogP contribution in [-0.4, -0.2) is 18.7 Å². The van der Waals surface area contributed by atoms with Gasteiger partial charge in [-0.3, -0.25) is 0 Å². The number of hydrogen-bond acceptors (Lipinski definition) is 1. The molecule has 126 valence electrons. The van der Waals surface area contributed by atoms with Gasteiger partial charge in [-0.25, -0.2) is 0 Å². The molecule has 2 nitrogen and oxygen atoms in total. The molecule has 0 aliphatic rings. The minimum atomic E-state index is 0.0347. The fraction of sp³-hybridized carbons (Fsp3) is 0.364. The zero-order valence-electron chi connectivity index (χ0n) is 15.7. The normalized spacial score (nSPS) is 13.2. The number of hydrogen-bond donors (Lipinski definition) is 0. The van der Waals surface area contributed by atoms with Crippen LogP contribution in [0.2, 0.25) is 0 Å². The number of benzene rings is 2. The quantitative estimate of drug-likeness (QED) is 0.631. The van der Waals surface area contributed by atoms with Crippen molar-refractivity contribution in [3.05, 3.63) is 65.9 Å². The van der Waals surface area contributed by atoms with Crippen molar-refractivity contribution in [2.75, 3.05) is 19.0 Å². The SMILES string of the molecule is CC(c1ccccc1N(C)C)C(C)(C)c1cccc2c1ccn2C. The molecule has 0 radical (unpaired) electrons. The molecule has 0 aliphatic heterocycles.